The van der Waals surface area contributed by atoms with Gasteiger partial charge < -0.3 is 5.84 Å². The minimum Gasteiger partial charge on any atom is -0.321 e. The first kappa shape index (κ1) is 9.52. The topological polar surface area (TPSA) is 67.6 Å². The van der Waals surface area contributed by atoms with Crippen LogP contribution in [0.2, 0.25) is 0 Å². The minimum atomic E-state index is 0.257. The van der Waals surface area contributed by atoms with Crippen molar-refractivity contribution in [1.82, 2.24) is 5.01 Å². The Morgan fingerprint density at radius 2 is 2.30 bits per heavy atom. The Kier molecular flexibility index (Phi) is 5.06. The quantitative estimate of drug-likeness (QED) is 0.204. The number of hydrazine groups is 1. The van der Waals surface area contributed by atoms with Crippen LogP contribution in [0, 0.1) is 0 Å². The normalized spacial score (nSPS) is 11.7. The Morgan fingerprint density at radius 3 is 2.60 bits per heavy atom. The van der Waals surface area contributed by atoms with Gasteiger partial charge in [-0.25, -0.2) is 5.84 Å². The van der Waals surface area contributed by atoms with Gasteiger partial charge in [0.25, 0.3) is 0 Å². The molecular formula is C5H13ClN4. The second-order valence-corrected chi connectivity index (χ2v) is 2.14. The van der Waals surface area contributed by atoms with Crippen LogP contribution in [-0.2, 0) is 0 Å². The molecule has 5 heteroatoms. The number of alkyl halides is 1. The maximum atomic E-state index is 5.49. The van der Waals surface area contributed by atoms with Crippen LogP contribution >= 0.6 is 11.6 Å². The molecule has 0 saturated heterocycles. The second-order valence-electron chi connectivity index (χ2n) is 1.87. The SMILES string of the molecule is CCCN(N)/C(CCl)=N\N. The van der Waals surface area contributed by atoms with E-state index in [2.05, 4.69) is 5.10 Å². The van der Waals surface area contributed by atoms with Crippen LogP contribution < -0.4 is 11.7 Å². The number of amidine groups is 1. The third-order valence-corrected chi connectivity index (χ3v) is 1.30. The highest BCUT2D eigenvalue weighted by Gasteiger charge is 2.02. The molecule has 0 aromatic rings. The van der Waals surface area contributed by atoms with Crippen molar-refractivity contribution in [2.75, 3.05) is 12.4 Å². The molecule has 0 heterocycles. The molecule has 0 unspecified atom stereocenters. The van der Waals surface area contributed by atoms with Gasteiger partial charge in [0, 0.05) is 6.54 Å². The van der Waals surface area contributed by atoms with Gasteiger partial charge >= 0.3 is 0 Å². The van der Waals surface area contributed by atoms with E-state index >= 15 is 0 Å². The maximum Gasteiger partial charge on any atom is 0.153 e. The van der Waals surface area contributed by atoms with Gasteiger partial charge in [-0.15, -0.1) is 11.6 Å². The number of nitrogens with zero attached hydrogens (tertiary/aromatic N) is 2. The van der Waals surface area contributed by atoms with E-state index in [9.17, 15) is 0 Å². The zero-order valence-electron chi connectivity index (χ0n) is 6.05. The molecule has 0 rings (SSSR count). The fraction of sp³-hybridized carbons (Fsp3) is 0.800. The lowest BCUT2D eigenvalue weighted by molar-refractivity contribution is 0.435. The Labute approximate surface area is 65.8 Å². The van der Waals surface area contributed by atoms with Gasteiger partial charge in [-0.3, -0.25) is 5.01 Å². The van der Waals surface area contributed by atoms with E-state index in [4.69, 9.17) is 23.3 Å². The third-order valence-electron chi connectivity index (χ3n) is 1.06. The van der Waals surface area contributed by atoms with Crippen molar-refractivity contribution in [1.29, 1.82) is 0 Å². The fourth-order valence-electron chi connectivity index (χ4n) is 0.555. The van der Waals surface area contributed by atoms with Gasteiger partial charge in [0.05, 0.1) is 5.88 Å². The highest BCUT2D eigenvalue weighted by atomic mass is 35.5. The van der Waals surface area contributed by atoms with E-state index in [0.717, 1.165) is 13.0 Å². The van der Waals surface area contributed by atoms with Gasteiger partial charge in [0.2, 0.25) is 0 Å². The maximum absolute atomic E-state index is 5.49. The molecule has 0 aliphatic heterocycles. The highest BCUT2D eigenvalue weighted by Crippen LogP contribution is 1.88. The molecule has 0 saturated carbocycles. The molecule has 0 radical (unpaired) electrons. The number of rotatable bonds is 3. The first-order chi connectivity index (χ1) is 4.76. The van der Waals surface area contributed by atoms with Crippen molar-refractivity contribution in [3.05, 3.63) is 0 Å². The molecular weight excluding hydrogens is 152 g/mol. The third kappa shape index (κ3) is 2.89. The second kappa shape index (κ2) is 5.32. The largest absolute Gasteiger partial charge is 0.321 e. The lowest BCUT2D eigenvalue weighted by Crippen LogP contribution is -2.39. The van der Waals surface area contributed by atoms with Crippen molar-refractivity contribution < 1.29 is 0 Å². The van der Waals surface area contributed by atoms with Crippen LogP contribution in [0.25, 0.3) is 0 Å². The van der Waals surface area contributed by atoms with Crippen molar-refractivity contribution in [2.45, 2.75) is 13.3 Å². The lowest BCUT2D eigenvalue weighted by Gasteiger charge is -2.16. The average molecular weight is 165 g/mol. The van der Waals surface area contributed by atoms with Crippen molar-refractivity contribution in [3.63, 3.8) is 0 Å². The predicted molar refractivity (Wildman–Crippen MR) is 43.5 cm³/mol. The van der Waals surface area contributed by atoms with Crippen LogP contribution in [0.15, 0.2) is 5.10 Å². The molecule has 60 valence electrons. The van der Waals surface area contributed by atoms with Crippen LogP contribution in [-0.4, -0.2) is 23.3 Å². The summed E-state index contributed by atoms with van der Waals surface area (Å²) in [4.78, 5) is 0. The zero-order chi connectivity index (χ0) is 7.98. The first-order valence-electron chi connectivity index (χ1n) is 3.11. The Hall–Kier alpha value is -0.480. The fourth-order valence-corrected chi connectivity index (χ4v) is 0.778. The van der Waals surface area contributed by atoms with Crippen LogP contribution in [0.4, 0.5) is 0 Å². The minimum absolute atomic E-state index is 0.257. The molecule has 0 spiro atoms. The molecule has 0 atom stereocenters. The Morgan fingerprint density at radius 1 is 1.70 bits per heavy atom. The molecule has 0 aliphatic carbocycles. The summed E-state index contributed by atoms with van der Waals surface area (Å²) in [5.74, 6) is 11.3. The van der Waals surface area contributed by atoms with E-state index in [1.54, 1.807) is 0 Å². The molecule has 0 aromatic carbocycles. The van der Waals surface area contributed by atoms with Crippen molar-refractivity contribution in [3.8, 4) is 0 Å². The van der Waals surface area contributed by atoms with E-state index in [0.29, 0.717) is 5.84 Å². The molecule has 0 amide bonds. The standard InChI is InChI=1S/C5H13ClN4/c1-2-3-10(8)5(4-6)9-7/h2-4,7-8H2,1H3/b9-5-. The van der Waals surface area contributed by atoms with Crippen LogP contribution in [0.1, 0.15) is 13.3 Å². The number of nitrogens with two attached hydrogens (primary N) is 2. The zero-order valence-corrected chi connectivity index (χ0v) is 6.80. The van der Waals surface area contributed by atoms with E-state index < -0.39 is 0 Å². The van der Waals surface area contributed by atoms with Gasteiger partial charge in [0.15, 0.2) is 5.84 Å². The summed E-state index contributed by atoms with van der Waals surface area (Å²) >= 11 is 5.47. The van der Waals surface area contributed by atoms with Gasteiger partial charge in [-0.1, -0.05) is 6.92 Å². The van der Waals surface area contributed by atoms with Crippen LogP contribution in [0.3, 0.4) is 0 Å². The average Bonchev–Trinajstić information content (AvgIpc) is 1.91. The Balaban J connectivity index is 3.77. The van der Waals surface area contributed by atoms with Crippen LogP contribution in [0.5, 0.6) is 0 Å². The van der Waals surface area contributed by atoms with Gasteiger partial charge in [-0.2, -0.15) is 5.10 Å². The Bertz CT molecular complexity index is 114. The summed E-state index contributed by atoms with van der Waals surface area (Å²) in [6, 6.07) is 0. The summed E-state index contributed by atoms with van der Waals surface area (Å²) in [5.41, 5.74) is 0. The van der Waals surface area contributed by atoms with Crippen molar-refractivity contribution in [2.24, 2.45) is 16.8 Å². The summed E-state index contributed by atoms with van der Waals surface area (Å²) < 4.78 is 0. The first-order valence-corrected chi connectivity index (χ1v) is 3.64. The molecule has 10 heavy (non-hydrogen) atoms. The van der Waals surface area contributed by atoms with E-state index in [1.807, 2.05) is 6.92 Å². The number of hydrogen-bond acceptors (Lipinski definition) is 3. The summed E-state index contributed by atoms with van der Waals surface area (Å²) in [6.45, 7) is 2.74. The van der Waals surface area contributed by atoms with Gasteiger partial charge in [-0.05, 0) is 6.42 Å². The monoisotopic (exact) mass is 164 g/mol. The van der Waals surface area contributed by atoms with Crippen molar-refractivity contribution >= 4 is 17.4 Å². The summed E-state index contributed by atoms with van der Waals surface area (Å²) in [7, 11) is 0. The van der Waals surface area contributed by atoms with Gasteiger partial charge in [0.1, 0.15) is 0 Å². The number of halogens is 1. The van der Waals surface area contributed by atoms with E-state index in [-0.39, 0.29) is 5.88 Å². The molecule has 4 N–H and O–H groups in total. The molecule has 0 bridgehead atoms. The highest BCUT2D eigenvalue weighted by molar-refractivity contribution is 6.28. The van der Waals surface area contributed by atoms with E-state index in [1.165, 1.54) is 5.01 Å². The molecule has 4 nitrogen and oxygen atoms in total. The summed E-state index contributed by atoms with van der Waals surface area (Å²) in [5, 5.41) is 4.86. The predicted octanol–water partition coefficient (Wildman–Crippen LogP) is 0.0831. The number of hydrazone groups is 1. The molecule has 0 aromatic heterocycles. The smallest absolute Gasteiger partial charge is 0.153 e. The molecule has 0 fully saturated rings. The lowest BCUT2D eigenvalue weighted by atomic mass is 10.4. The number of hydrogen-bond donors (Lipinski definition) is 2. The summed E-state index contributed by atoms with van der Waals surface area (Å²) in [6.07, 6.45) is 0.951. The molecule has 0 aliphatic rings.